The molecule has 0 radical (unpaired) electrons. The van der Waals surface area contributed by atoms with Crippen LogP contribution in [0.25, 0.3) is 0 Å². The van der Waals surface area contributed by atoms with Crippen LogP contribution in [-0.4, -0.2) is 65.4 Å². The zero-order valence-electron chi connectivity index (χ0n) is 17.1. The van der Waals surface area contributed by atoms with Gasteiger partial charge in [0.25, 0.3) is 5.91 Å². The molecule has 2 aliphatic rings. The summed E-state index contributed by atoms with van der Waals surface area (Å²) in [4.78, 5) is 25.8. The molecule has 4 heterocycles. The Kier molecular flexibility index (Phi) is 5.80. The van der Waals surface area contributed by atoms with E-state index < -0.39 is 0 Å². The summed E-state index contributed by atoms with van der Waals surface area (Å²) in [5.74, 6) is 0.197. The minimum Gasteiger partial charge on any atom is -0.337 e. The lowest BCUT2D eigenvalue weighted by atomic mass is 10.0. The van der Waals surface area contributed by atoms with Gasteiger partial charge in [-0.25, -0.2) is 0 Å². The van der Waals surface area contributed by atoms with Crippen LogP contribution in [0.3, 0.4) is 0 Å². The quantitative estimate of drug-likeness (QED) is 0.776. The highest BCUT2D eigenvalue weighted by molar-refractivity contribution is 7.10. The Bertz CT molecular complexity index is 832. The van der Waals surface area contributed by atoms with Crippen LogP contribution in [0.2, 0.25) is 0 Å². The molecule has 2 aromatic heterocycles. The molecule has 1 saturated heterocycles. The van der Waals surface area contributed by atoms with E-state index in [9.17, 15) is 4.79 Å². The van der Waals surface area contributed by atoms with Crippen molar-refractivity contribution in [2.24, 2.45) is 0 Å². The maximum Gasteiger partial charge on any atom is 0.255 e. The lowest BCUT2D eigenvalue weighted by Gasteiger charge is -2.28. The van der Waals surface area contributed by atoms with E-state index in [4.69, 9.17) is 0 Å². The predicted molar refractivity (Wildman–Crippen MR) is 114 cm³/mol. The number of carbonyl (C=O) groups excluding carboxylic acids is 1. The number of hydrogen-bond acceptors (Lipinski definition) is 5. The van der Waals surface area contributed by atoms with Crippen molar-refractivity contribution >= 4 is 17.2 Å². The van der Waals surface area contributed by atoms with Gasteiger partial charge in [-0.15, -0.1) is 11.3 Å². The number of thiophene rings is 1. The van der Waals surface area contributed by atoms with Crippen LogP contribution in [0.4, 0.5) is 0 Å². The van der Waals surface area contributed by atoms with Gasteiger partial charge in [0.05, 0.1) is 11.3 Å². The maximum absolute atomic E-state index is 13.1. The Morgan fingerprint density at radius 1 is 1.36 bits per heavy atom. The first-order valence-electron chi connectivity index (χ1n) is 10.3. The Morgan fingerprint density at radius 3 is 2.89 bits per heavy atom. The van der Waals surface area contributed by atoms with E-state index in [1.165, 1.54) is 16.0 Å². The van der Waals surface area contributed by atoms with Gasteiger partial charge in [0.2, 0.25) is 0 Å². The second-order valence-electron chi connectivity index (χ2n) is 8.14. The normalized spacial score (nSPS) is 20.3. The lowest BCUT2D eigenvalue weighted by Crippen LogP contribution is -2.39. The first-order chi connectivity index (χ1) is 13.5. The van der Waals surface area contributed by atoms with Crippen LogP contribution in [-0.2, 0) is 25.9 Å². The van der Waals surface area contributed by atoms with Crippen molar-refractivity contribution < 1.29 is 4.79 Å². The number of aryl methyl sites for hydroxylation is 1. The number of carbonyl (C=O) groups is 1. The van der Waals surface area contributed by atoms with Gasteiger partial charge in [0, 0.05) is 55.7 Å². The van der Waals surface area contributed by atoms with E-state index in [2.05, 4.69) is 46.3 Å². The van der Waals surface area contributed by atoms with Gasteiger partial charge < -0.3 is 9.80 Å². The summed E-state index contributed by atoms with van der Waals surface area (Å²) in [6, 6.07) is 4.66. The Balaban J connectivity index is 1.42. The topological polar surface area (TPSA) is 39.7 Å². The van der Waals surface area contributed by atoms with Crippen LogP contribution in [0.5, 0.6) is 0 Å². The molecular formula is C22H30N4OS. The van der Waals surface area contributed by atoms with E-state index in [1.807, 2.05) is 18.1 Å². The van der Waals surface area contributed by atoms with Crippen molar-refractivity contribution in [1.82, 2.24) is 19.7 Å². The molecule has 2 aromatic rings. The molecular weight excluding hydrogens is 368 g/mol. The molecule has 0 bridgehead atoms. The summed E-state index contributed by atoms with van der Waals surface area (Å²) < 4.78 is 0. The third-order valence-electron chi connectivity index (χ3n) is 6.17. The van der Waals surface area contributed by atoms with Crippen LogP contribution in [0.1, 0.15) is 45.4 Å². The molecule has 28 heavy (non-hydrogen) atoms. The van der Waals surface area contributed by atoms with Gasteiger partial charge in [0.1, 0.15) is 0 Å². The molecule has 2 aliphatic heterocycles. The number of hydrogen-bond donors (Lipinski definition) is 0. The van der Waals surface area contributed by atoms with Crippen molar-refractivity contribution in [3.8, 4) is 0 Å². The summed E-state index contributed by atoms with van der Waals surface area (Å²) in [6.07, 6.45) is 5.04. The second kappa shape index (κ2) is 8.31. The smallest absolute Gasteiger partial charge is 0.255 e. The average molecular weight is 399 g/mol. The number of pyridine rings is 1. The van der Waals surface area contributed by atoms with E-state index in [0.29, 0.717) is 6.04 Å². The highest BCUT2D eigenvalue weighted by Gasteiger charge is 2.30. The van der Waals surface area contributed by atoms with Gasteiger partial charge in [-0.2, -0.15) is 0 Å². The van der Waals surface area contributed by atoms with Gasteiger partial charge in [0.15, 0.2) is 0 Å². The number of fused-ring (bicyclic) bond motifs is 1. The fraction of sp³-hybridized carbons (Fsp3) is 0.545. The Hall–Kier alpha value is -1.76. The maximum atomic E-state index is 13.1. The lowest BCUT2D eigenvalue weighted by molar-refractivity contribution is 0.0736. The minimum absolute atomic E-state index is 0.197. The Morgan fingerprint density at radius 2 is 2.21 bits per heavy atom. The molecule has 150 valence electrons. The van der Waals surface area contributed by atoms with Gasteiger partial charge >= 0.3 is 0 Å². The first kappa shape index (κ1) is 19.6. The monoisotopic (exact) mass is 398 g/mol. The largest absolute Gasteiger partial charge is 0.337 e. The number of likely N-dealkylation sites (N-methyl/N-ethyl adjacent to an activating group) is 2. The third-order valence-corrected chi connectivity index (χ3v) is 7.18. The van der Waals surface area contributed by atoms with E-state index in [1.54, 1.807) is 11.3 Å². The van der Waals surface area contributed by atoms with Crippen LogP contribution >= 0.6 is 11.3 Å². The predicted octanol–water partition coefficient (Wildman–Crippen LogP) is 3.04. The van der Waals surface area contributed by atoms with Crippen molar-refractivity contribution in [3.05, 3.63) is 51.0 Å². The molecule has 0 spiro atoms. The summed E-state index contributed by atoms with van der Waals surface area (Å²) >= 11 is 1.74. The number of aromatic nitrogens is 1. The van der Waals surface area contributed by atoms with Crippen LogP contribution in [0, 0.1) is 0 Å². The van der Waals surface area contributed by atoms with Gasteiger partial charge in [-0.05, 0) is 50.0 Å². The molecule has 0 unspecified atom stereocenters. The van der Waals surface area contributed by atoms with Crippen LogP contribution in [0.15, 0.2) is 23.7 Å². The summed E-state index contributed by atoms with van der Waals surface area (Å²) in [5.41, 5.74) is 4.61. The standard InChI is InChI=1S/C22H30N4OS/c1-4-16-5-6-17(23-11-16)12-26-10-8-19-20(15-28-21(19)14-26)22(27)25(3)18-7-9-24(2)13-18/h5-6,11,15,18H,4,7-10,12-14H2,1-3H3/t18-/m0/s1. The molecule has 0 saturated carbocycles. The molecule has 5 nitrogen and oxygen atoms in total. The minimum atomic E-state index is 0.197. The summed E-state index contributed by atoms with van der Waals surface area (Å²) in [7, 11) is 4.10. The fourth-order valence-corrected chi connectivity index (χ4v) is 5.38. The highest BCUT2D eigenvalue weighted by atomic mass is 32.1. The number of rotatable bonds is 5. The average Bonchev–Trinajstić information content (AvgIpc) is 3.33. The molecule has 0 aromatic carbocycles. The van der Waals surface area contributed by atoms with Crippen molar-refractivity contribution in [2.45, 2.75) is 45.3 Å². The molecule has 1 amide bonds. The summed E-state index contributed by atoms with van der Waals surface area (Å²) in [5, 5.41) is 2.08. The van der Waals surface area contributed by atoms with Crippen molar-refractivity contribution in [2.75, 3.05) is 33.7 Å². The highest BCUT2D eigenvalue weighted by Crippen LogP contribution is 2.30. The number of amides is 1. The SMILES string of the molecule is CCc1ccc(CN2CCc3c(C(=O)N(C)[C@H]4CCN(C)C4)csc3C2)nc1. The van der Waals surface area contributed by atoms with E-state index in [0.717, 1.165) is 63.2 Å². The van der Waals surface area contributed by atoms with E-state index >= 15 is 0 Å². The molecule has 0 aliphatic carbocycles. The molecule has 6 heteroatoms. The molecule has 1 atom stereocenters. The molecule has 1 fully saturated rings. The van der Waals surface area contributed by atoms with Gasteiger partial charge in [-0.1, -0.05) is 13.0 Å². The fourth-order valence-electron chi connectivity index (χ4n) is 4.27. The third kappa shape index (κ3) is 4.00. The van der Waals surface area contributed by atoms with Crippen molar-refractivity contribution in [1.29, 1.82) is 0 Å². The Labute approximate surface area is 172 Å². The van der Waals surface area contributed by atoms with Crippen LogP contribution < -0.4 is 0 Å². The molecule has 4 rings (SSSR count). The molecule has 0 N–H and O–H groups in total. The first-order valence-corrected chi connectivity index (χ1v) is 11.1. The zero-order chi connectivity index (χ0) is 19.7. The van der Waals surface area contributed by atoms with Gasteiger partial charge in [-0.3, -0.25) is 14.7 Å². The number of nitrogens with zero attached hydrogens (tertiary/aromatic N) is 4. The number of likely N-dealkylation sites (tertiary alicyclic amines) is 1. The van der Waals surface area contributed by atoms with Crippen molar-refractivity contribution in [3.63, 3.8) is 0 Å². The zero-order valence-corrected chi connectivity index (χ0v) is 18.0. The summed E-state index contributed by atoms with van der Waals surface area (Å²) in [6.45, 7) is 6.98. The van der Waals surface area contributed by atoms with E-state index in [-0.39, 0.29) is 5.91 Å². The second-order valence-corrected chi connectivity index (χ2v) is 9.11.